The first-order valence-corrected chi connectivity index (χ1v) is 8.55. The molecule has 0 radical (unpaired) electrons. The van der Waals surface area contributed by atoms with Gasteiger partial charge in [-0.1, -0.05) is 30.3 Å². The van der Waals surface area contributed by atoms with Gasteiger partial charge in [0.2, 0.25) is 10.0 Å². The molecule has 1 aliphatic rings. The van der Waals surface area contributed by atoms with E-state index in [1.165, 1.54) is 0 Å². The van der Waals surface area contributed by atoms with Crippen molar-refractivity contribution in [1.82, 2.24) is 4.72 Å². The molecule has 0 saturated heterocycles. The van der Waals surface area contributed by atoms with Gasteiger partial charge in [0.25, 0.3) is 0 Å². The number of sulfonamides is 1. The Labute approximate surface area is 125 Å². The molecule has 0 unspecified atom stereocenters. The number of nitrogens with one attached hydrogen (secondary N) is 1. The van der Waals surface area contributed by atoms with Gasteiger partial charge in [0.1, 0.15) is 6.61 Å². The van der Waals surface area contributed by atoms with Crippen molar-refractivity contribution >= 4 is 16.0 Å². The molecule has 0 aromatic heterocycles. The van der Waals surface area contributed by atoms with Crippen LogP contribution < -0.4 is 4.72 Å². The standard InChI is InChI=1S/C15H21NO4S/c1-15(2,11-16-21(18,19)13-8-9-13)14(17)20-10-12-6-4-3-5-7-12/h3-7,13,16H,8-11H2,1-2H3. The average molecular weight is 311 g/mol. The highest BCUT2D eigenvalue weighted by atomic mass is 32.2. The second kappa shape index (κ2) is 6.15. The molecule has 0 aliphatic heterocycles. The zero-order chi connectivity index (χ0) is 15.5. The van der Waals surface area contributed by atoms with Gasteiger partial charge in [-0.15, -0.1) is 0 Å². The quantitative estimate of drug-likeness (QED) is 0.780. The maximum atomic E-state index is 12.1. The van der Waals surface area contributed by atoms with Crippen LogP contribution in [0, 0.1) is 5.41 Å². The molecule has 0 atom stereocenters. The van der Waals surface area contributed by atoms with Crippen molar-refractivity contribution in [3.05, 3.63) is 35.9 Å². The van der Waals surface area contributed by atoms with Crippen molar-refractivity contribution in [3.8, 4) is 0 Å². The van der Waals surface area contributed by atoms with Crippen molar-refractivity contribution in [2.24, 2.45) is 5.41 Å². The number of rotatable bonds is 7. The lowest BCUT2D eigenvalue weighted by Crippen LogP contribution is -2.41. The molecule has 2 rings (SSSR count). The van der Waals surface area contributed by atoms with Crippen LogP contribution in [0.4, 0.5) is 0 Å². The first kappa shape index (κ1) is 16.0. The summed E-state index contributed by atoms with van der Waals surface area (Å²) < 4.78 is 31.3. The van der Waals surface area contributed by atoms with Crippen LogP contribution in [-0.4, -0.2) is 26.2 Å². The fourth-order valence-electron chi connectivity index (χ4n) is 1.77. The summed E-state index contributed by atoms with van der Waals surface area (Å²) >= 11 is 0. The second-order valence-corrected chi connectivity index (χ2v) is 8.06. The van der Waals surface area contributed by atoms with Crippen molar-refractivity contribution in [2.75, 3.05) is 6.54 Å². The van der Waals surface area contributed by atoms with Crippen molar-refractivity contribution in [1.29, 1.82) is 0 Å². The molecule has 1 aromatic rings. The van der Waals surface area contributed by atoms with Crippen LogP contribution in [-0.2, 0) is 26.2 Å². The zero-order valence-electron chi connectivity index (χ0n) is 12.3. The molecule has 1 N–H and O–H groups in total. The Balaban J connectivity index is 1.85. The number of hydrogen-bond donors (Lipinski definition) is 1. The molecule has 1 saturated carbocycles. The Morgan fingerprint density at radius 1 is 1.29 bits per heavy atom. The fourth-order valence-corrected chi connectivity index (χ4v) is 3.32. The minimum Gasteiger partial charge on any atom is -0.460 e. The molecule has 116 valence electrons. The summed E-state index contributed by atoms with van der Waals surface area (Å²) in [7, 11) is -3.28. The highest BCUT2D eigenvalue weighted by Gasteiger charge is 2.38. The molecular weight excluding hydrogens is 290 g/mol. The minimum absolute atomic E-state index is 0.0550. The summed E-state index contributed by atoms with van der Waals surface area (Å²) in [4.78, 5) is 12.1. The molecule has 6 heteroatoms. The van der Waals surface area contributed by atoms with E-state index in [1.54, 1.807) is 13.8 Å². The SMILES string of the molecule is CC(C)(CNS(=O)(=O)C1CC1)C(=O)OCc1ccccc1. The van der Waals surface area contributed by atoms with Gasteiger partial charge in [-0.25, -0.2) is 13.1 Å². The van der Waals surface area contributed by atoms with Gasteiger partial charge in [-0.05, 0) is 32.3 Å². The third-order valence-corrected chi connectivity index (χ3v) is 5.34. The molecule has 0 amide bonds. The molecule has 0 heterocycles. The van der Waals surface area contributed by atoms with E-state index in [2.05, 4.69) is 4.72 Å². The predicted octanol–water partition coefficient (Wildman–Crippen LogP) is 1.84. The van der Waals surface area contributed by atoms with E-state index >= 15 is 0 Å². The number of carbonyl (C=O) groups excluding carboxylic acids is 1. The molecule has 1 fully saturated rings. The summed E-state index contributed by atoms with van der Waals surface area (Å²) in [5.41, 5.74) is 0.0109. The number of carbonyl (C=O) groups is 1. The highest BCUT2D eigenvalue weighted by Crippen LogP contribution is 2.28. The summed E-state index contributed by atoms with van der Waals surface area (Å²) in [5.74, 6) is -0.412. The first-order chi connectivity index (χ1) is 9.81. The first-order valence-electron chi connectivity index (χ1n) is 7.01. The number of esters is 1. The topological polar surface area (TPSA) is 72.5 Å². The van der Waals surface area contributed by atoms with Gasteiger partial charge >= 0.3 is 5.97 Å². The lowest BCUT2D eigenvalue weighted by molar-refractivity contribution is -0.154. The van der Waals surface area contributed by atoms with Crippen LogP contribution in [0.15, 0.2) is 30.3 Å². The summed E-state index contributed by atoms with van der Waals surface area (Å²) in [6.07, 6.45) is 1.41. The van der Waals surface area contributed by atoms with E-state index in [4.69, 9.17) is 4.74 Å². The minimum atomic E-state index is -3.28. The maximum absolute atomic E-state index is 12.1. The molecular formula is C15H21NO4S. The number of ether oxygens (including phenoxy) is 1. The lowest BCUT2D eigenvalue weighted by Gasteiger charge is -2.23. The summed E-state index contributed by atoms with van der Waals surface area (Å²) in [5, 5.41) is -0.284. The third kappa shape index (κ3) is 4.54. The van der Waals surface area contributed by atoms with E-state index in [1.807, 2.05) is 30.3 Å². The van der Waals surface area contributed by atoms with E-state index < -0.39 is 21.4 Å². The smallest absolute Gasteiger partial charge is 0.313 e. The van der Waals surface area contributed by atoms with Crippen molar-refractivity contribution < 1.29 is 17.9 Å². The molecule has 0 bridgehead atoms. The van der Waals surface area contributed by atoms with Gasteiger partial charge in [0, 0.05) is 6.54 Å². The fraction of sp³-hybridized carbons (Fsp3) is 0.533. The second-order valence-electron chi connectivity index (χ2n) is 6.01. The summed E-state index contributed by atoms with van der Waals surface area (Å²) in [6, 6.07) is 9.38. The van der Waals surface area contributed by atoms with Crippen LogP contribution in [0.1, 0.15) is 32.3 Å². The number of hydrogen-bond acceptors (Lipinski definition) is 4. The lowest BCUT2D eigenvalue weighted by atomic mass is 9.94. The Kier molecular flexibility index (Phi) is 4.68. The van der Waals surface area contributed by atoms with E-state index in [-0.39, 0.29) is 18.4 Å². The van der Waals surface area contributed by atoms with Crippen molar-refractivity contribution in [2.45, 2.75) is 38.5 Å². The summed E-state index contributed by atoms with van der Waals surface area (Å²) in [6.45, 7) is 3.60. The third-order valence-electron chi connectivity index (χ3n) is 3.44. The van der Waals surface area contributed by atoms with Gasteiger partial charge < -0.3 is 4.74 Å². The normalized spacial score (nSPS) is 15.7. The monoisotopic (exact) mass is 311 g/mol. The van der Waals surface area contributed by atoms with Crippen molar-refractivity contribution in [3.63, 3.8) is 0 Å². The molecule has 1 aliphatic carbocycles. The van der Waals surface area contributed by atoms with Gasteiger partial charge in [0.15, 0.2) is 0 Å². The van der Waals surface area contributed by atoms with E-state index in [9.17, 15) is 13.2 Å². The zero-order valence-corrected chi connectivity index (χ0v) is 13.2. The largest absolute Gasteiger partial charge is 0.460 e. The predicted molar refractivity (Wildman–Crippen MR) is 80.0 cm³/mol. The van der Waals surface area contributed by atoms with Crippen LogP contribution in [0.25, 0.3) is 0 Å². The highest BCUT2D eigenvalue weighted by molar-refractivity contribution is 7.90. The van der Waals surface area contributed by atoms with Gasteiger partial charge in [0.05, 0.1) is 10.7 Å². The Morgan fingerprint density at radius 2 is 1.90 bits per heavy atom. The van der Waals surface area contributed by atoms with Crippen LogP contribution >= 0.6 is 0 Å². The van der Waals surface area contributed by atoms with E-state index in [0.717, 1.165) is 5.56 Å². The maximum Gasteiger partial charge on any atom is 0.313 e. The number of benzene rings is 1. The van der Waals surface area contributed by atoms with Crippen LogP contribution in [0.3, 0.4) is 0 Å². The van der Waals surface area contributed by atoms with Gasteiger partial charge in [-0.2, -0.15) is 0 Å². The van der Waals surface area contributed by atoms with Gasteiger partial charge in [-0.3, -0.25) is 4.79 Å². The molecule has 0 spiro atoms. The van der Waals surface area contributed by atoms with Crippen LogP contribution in [0.5, 0.6) is 0 Å². The average Bonchev–Trinajstić information content (AvgIpc) is 3.29. The molecule has 1 aromatic carbocycles. The van der Waals surface area contributed by atoms with Crippen LogP contribution in [0.2, 0.25) is 0 Å². The Bertz CT molecular complexity index is 591. The Hall–Kier alpha value is -1.40. The van der Waals surface area contributed by atoms with E-state index in [0.29, 0.717) is 12.8 Å². The molecule has 21 heavy (non-hydrogen) atoms. The molecule has 5 nitrogen and oxygen atoms in total. The Morgan fingerprint density at radius 3 is 2.48 bits per heavy atom.